The molecule has 1 fully saturated rings. The molecule has 1 saturated heterocycles. The Hall–Kier alpha value is -2.11. The van der Waals surface area contributed by atoms with E-state index in [1.807, 2.05) is 30.3 Å². The third-order valence-electron chi connectivity index (χ3n) is 4.94. The highest BCUT2D eigenvalue weighted by Crippen LogP contribution is 2.18. The van der Waals surface area contributed by atoms with Crippen molar-refractivity contribution in [1.82, 2.24) is 0 Å². The smallest absolute Gasteiger partial charge is 0.146 e. The molecule has 2 aromatic rings. The van der Waals surface area contributed by atoms with Crippen molar-refractivity contribution in [2.45, 2.75) is 19.4 Å². The number of aryl methyl sites for hydroxylation is 1. The Morgan fingerprint density at radius 3 is 2.65 bits per heavy atom. The molecule has 26 heavy (non-hydrogen) atoms. The zero-order valence-corrected chi connectivity index (χ0v) is 15.3. The molecule has 0 aliphatic carbocycles. The van der Waals surface area contributed by atoms with Crippen molar-refractivity contribution in [2.75, 3.05) is 44.2 Å². The molecule has 2 N–H and O–H groups in total. The summed E-state index contributed by atoms with van der Waals surface area (Å²) in [5.41, 5.74) is 1.90. The number of hydrogen-bond acceptors (Lipinski definition) is 3. The molecule has 1 aliphatic rings. The van der Waals surface area contributed by atoms with Gasteiger partial charge in [-0.2, -0.15) is 0 Å². The van der Waals surface area contributed by atoms with Gasteiger partial charge in [-0.25, -0.2) is 4.39 Å². The molecule has 140 valence electrons. The van der Waals surface area contributed by atoms with Gasteiger partial charge in [0.05, 0.1) is 31.9 Å². The van der Waals surface area contributed by atoms with Gasteiger partial charge >= 0.3 is 0 Å². The first-order chi connectivity index (χ1) is 12.7. The van der Waals surface area contributed by atoms with Crippen LogP contribution in [0.3, 0.4) is 0 Å². The van der Waals surface area contributed by atoms with E-state index in [4.69, 9.17) is 4.74 Å². The van der Waals surface area contributed by atoms with Crippen LogP contribution in [0.5, 0.6) is 5.75 Å². The Balaban J connectivity index is 1.43. The zero-order valence-electron chi connectivity index (χ0n) is 15.3. The fourth-order valence-electron chi connectivity index (χ4n) is 3.42. The molecule has 1 aliphatic heterocycles. The maximum Gasteiger partial charge on any atom is 0.146 e. The van der Waals surface area contributed by atoms with Gasteiger partial charge < -0.3 is 19.6 Å². The molecule has 1 heterocycles. The Morgan fingerprint density at radius 2 is 1.92 bits per heavy atom. The van der Waals surface area contributed by atoms with Crippen molar-refractivity contribution >= 4 is 5.69 Å². The predicted octanol–water partition coefficient (Wildman–Crippen LogP) is 1.53. The average molecular weight is 359 g/mol. The van der Waals surface area contributed by atoms with Gasteiger partial charge in [-0.1, -0.05) is 31.2 Å². The maximum atomic E-state index is 13.9. The Morgan fingerprint density at radius 1 is 1.15 bits per heavy atom. The second kappa shape index (κ2) is 9.01. The maximum absolute atomic E-state index is 13.9. The number of hydrogen-bond donors (Lipinski definition) is 2. The molecule has 0 saturated carbocycles. The van der Waals surface area contributed by atoms with E-state index in [9.17, 15) is 9.50 Å². The van der Waals surface area contributed by atoms with Gasteiger partial charge in [0.15, 0.2) is 0 Å². The van der Waals surface area contributed by atoms with Gasteiger partial charge in [-0.15, -0.1) is 0 Å². The fourth-order valence-corrected chi connectivity index (χ4v) is 3.42. The number of halogens is 1. The molecule has 0 unspecified atom stereocenters. The molecule has 0 radical (unpaired) electrons. The lowest BCUT2D eigenvalue weighted by atomic mass is 10.2. The number of quaternary nitrogens is 1. The van der Waals surface area contributed by atoms with E-state index < -0.39 is 6.10 Å². The van der Waals surface area contributed by atoms with Crippen LogP contribution in [0.15, 0.2) is 48.5 Å². The molecule has 0 spiro atoms. The fraction of sp³-hybridized carbons (Fsp3) is 0.429. The van der Waals surface area contributed by atoms with Gasteiger partial charge in [0.1, 0.15) is 30.8 Å². The third-order valence-corrected chi connectivity index (χ3v) is 4.94. The Bertz CT molecular complexity index is 702. The van der Waals surface area contributed by atoms with E-state index >= 15 is 0 Å². The van der Waals surface area contributed by atoms with E-state index in [0.29, 0.717) is 18.8 Å². The van der Waals surface area contributed by atoms with Crippen molar-refractivity contribution in [2.24, 2.45) is 0 Å². The van der Waals surface area contributed by atoms with Crippen LogP contribution in [0, 0.1) is 5.82 Å². The molecular formula is C21H28FN2O2+. The molecule has 3 rings (SSSR count). The quantitative estimate of drug-likeness (QED) is 0.787. The number of piperazine rings is 1. The summed E-state index contributed by atoms with van der Waals surface area (Å²) in [6, 6.07) is 14.9. The number of anilines is 1. The predicted molar refractivity (Wildman–Crippen MR) is 101 cm³/mol. The second-order valence-electron chi connectivity index (χ2n) is 6.86. The van der Waals surface area contributed by atoms with E-state index in [-0.39, 0.29) is 5.82 Å². The summed E-state index contributed by atoms with van der Waals surface area (Å²) in [6.45, 7) is 6.42. The van der Waals surface area contributed by atoms with Crippen LogP contribution in [0.2, 0.25) is 0 Å². The Kier molecular flexibility index (Phi) is 6.47. The average Bonchev–Trinajstić information content (AvgIpc) is 2.68. The number of nitrogens with one attached hydrogen (secondary N) is 1. The summed E-state index contributed by atoms with van der Waals surface area (Å²) in [6.07, 6.45) is 0.464. The summed E-state index contributed by atoms with van der Waals surface area (Å²) in [5.74, 6) is 0.640. The summed E-state index contributed by atoms with van der Waals surface area (Å²) in [7, 11) is 0. The lowest BCUT2D eigenvalue weighted by Gasteiger charge is -2.34. The minimum absolute atomic E-state index is 0.168. The van der Waals surface area contributed by atoms with E-state index in [1.165, 1.54) is 16.5 Å². The molecule has 1 atom stereocenters. The topological polar surface area (TPSA) is 37.1 Å². The summed E-state index contributed by atoms with van der Waals surface area (Å²) < 4.78 is 19.6. The van der Waals surface area contributed by atoms with E-state index in [2.05, 4.69) is 17.9 Å². The first kappa shape index (κ1) is 18.7. The third kappa shape index (κ3) is 4.96. The SMILES string of the molecule is CCc1cccc(OC[C@@H](O)C[NH+]2CCN(c3ccccc3F)CC2)c1. The van der Waals surface area contributed by atoms with Crippen molar-refractivity contribution in [3.8, 4) is 5.75 Å². The van der Waals surface area contributed by atoms with Gasteiger partial charge in [0, 0.05) is 0 Å². The minimum Gasteiger partial charge on any atom is -0.491 e. The number of aliphatic hydroxyl groups excluding tert-OH is 1. The van der Waals surface area contributed by atoms with Gasteiger partial charge in [-0.3, -0.25) is 0 Å². The molecular weight excluding hydrogens is 331 g/mol. The molecule has 0 aromatic heterocycles. The Labute approximate surface area is 154 Å². The van der Waals surface area contributed by atoms with Crippen LogP contribution in [0.1, 0.15) is 12.5 Å². The molecule has 5 heteroatoms. The first-order valence-corrected chi connectivity index (χ1v) is 9.38. The van der Waals surface area contributed by atoms with Crippen LogP contribution < -0.4 is 14.5 Å². The van der Waals surface area contributed by atoms with Crippen LogP contribution in [0.25, 0.3) is 0 Å². The highest BCUT2D eigenvalue weighted by atomic mass is 19.1. The monoisotopic (exact) mass is 359 g/mol. The van der Waals surface area contributed by atoms with Crippen LogP contribution >= 0.6 is 0 Å². The van der Waals surface area contributed by atoms with Crippen molar-refractivity contribution in [1.29, 1.82) is 0 Å². The molecule has 2 aromatic carbocycles. The standard InChI is InChI=1S/C21H27FN2O2/c1-2-17-6-5-7-19(14-17)26-16-18(25)15-23-10-12-24(13-11-23)21-9-4-3-8-20(21)22/h3-9,14,18,25H,2,10-13,15-16H2,1H3/p+1/t18-/m0/s1. The zero-order chi connectivity index (χ0) is 18.4. The molecule has 4 nitrogen and oxygen atoms in total. The van der Waals surface area contributed by atoms with Crippen molar-refractivity contribution < 1.29 is 19.1 Å². The number of para-hydroxylation sites is 1. The number of nitrogens with zero attached hydrogens (tertiary/aromatic N) is 1. The normalized spacial score (nSPS) is 16.5. The largest absolute Gasteiger partial charge is 0.491 e. The highest BCUT2D eigenvalue weighted by Gasteiger charge is 2.24. The summed E-state index contributed by atoms with van der Waals surface area (Å²) in [5, 5.41) is 10.3. The van der Waals surface area contributed by atoms with Gasteiger partial charge in [0.2, 0.25) is 0 Å². The lowest BCUT2D eigenvalue weighted by Crippen LogP contribution is -3.16. The second-order valence-corrected chi connectivity index (χ2v) is 6.86. The number of aliphatic hydroxyl groups is 1. The van der Waals surface area contributed by atoms with Crippen molar-refractivity contribution in [3.63, 3.8) is 0 Å². The number of ether oxygens (including phenoxy) is 1. The number of benzene rings is 2. The van der Waals surface area contributed by atoms with Crippen molar-refractivity contribution in [3.05, 3.63) is 59.9 Å². The number of rotatable bonds is 7. The van der Waals surface area contributed by atoms with Gasteiger partial charge in [0.25, 0.3) is 0 Å². The van der Waals surface area contributed by atoms with Crippen LogP contribution in [-0.4, -0.2) is 50.5 Å². The van der Waals surface area contributed by atoms with Crippen LogP contribution in [-0.2, 0) is 6.42 Å². The minimum atomic E-state index is -0.504. The van der Waals surface area contributed by atoms with Crippen LogP contribution in [0.4, 0.5) is 10.1 Å². The van der Waals surface area contributed by atoms with E-state index in [1.54, 1.807) is 6.07 Å². The van der Waals surface area contributed by atoms with Gasteiger partial charge in [-0.05, 0) is 36.2 Å². The lowest BCUT2D eigenvalue weighted by molar-refractivity contribution is -0.903. The summed E-state index contributed by atoms with van der Waals surface area (Å²) >= 11 is 0. The first-order valence-electron chi connectivity index (χ1n) is 9.38. The van der Waals surface area contributed by atoms with E-state index in [0.717, 1.165) is 38.3 Å². The summed E-state index contributed by atoms with van der Waals surface area (Å²) in [4.78, 5) is 3.41. The highest BCUT2D eigenvalue weighted by molar-refractivity contribution is 5.47. The molecule has 0 amide bonds. The molecule has 0 bridgehead atoms.